The van der Waals surface area contributed by atoms with Crippen LogP contribution in [-0.4, -0.2) is 0 Å². The fourth-order valence-electron chi connectivity index (χ4n) is 7.75. The minimum atomic E-state index is -0.442. The first-order valence-electron chi connectivity index (χ1n) is 13.3. The molecule has 6 rings (SSSR count). The molecule has 0 aromatic heterocycles. The lowest BCUT2D eigenvalue weighted by atomic mass is 9.63. The van der Waals surface area contributed by atoms with Gasteiger partial charge < -0.3 is 0 Å². The van der Waals surface area contributed by atoms with Gasteiger partial charge in [0, 0.05) is 11.8 Å². The number of fused-ring (bicyclic) bond motifs is 2. The Morgan fingerprint density at radius 2 is 0.703 bits per heavy atom. The molecule has 2 fully saturated rings. The van der Waals surface area contributed by atoms with Crippen LogP contribution in [0.3, 0.4) is 0 Å². The van der Waals surface area contributed by atoms with E-state index in [0.717, 1.165) is 12.8 Å². The van der Waals surface area contributed by atoms with E-state index in [-0.39, 0.29) is 0 Å². The predicted molar refractivity (Wildman–Crippen MR) is 160 cm³/mol. The lowest BCUT2D eigenvalue weighted by Crippen LogP contribution is -2.45. The molecule has 0 amide bonds. The zero-order valence-corrected chi connectivity index (χ0v) is 24.0. The molecule has 6 unspecified atom stereocenters. The maximum Gasteiger partial charge on any atom is 0.164 e. The monoisotopic (exact) mass is 526 g/mol. The number of hydrogen-bond acceptors (Lipinski definition) is 2. The fraction of sp³-hybridized carbons (Fsp3) is 0.273. The van der Waals surface area contributed by atoms with Crippen LogP contribution in [0.2, 0.25) is 0 Å². The highest BCUT2D eigenvalue weighted by Crippen LogP contribution is 2.65. The standard InChI is InChI=1S/C33H36O2P2/c36-34-32(26-13-5-1-6-14-26,27-15-7-2-8-16-27)30-22-25-21-24(30)23-31(25)33(35-37,28-17-9-3-10-18-28)29-19-11-4-12-20-29/h1-20,24-25,30-31H,21-23H2,36-37H3/q+2. The fourth-order valence-corrected chi connectivity index (χ4v) is 8.85. The molecule has 6 atom stereocenters. The van der Waals surface area contributed by atoms with Gasteiger partial charge in [-0.2, -0.15) is 0 Å². The predicted octanol–water partition coefficient (Wildman–Crippen LogP) is 7.61. The normalized spacial score (nSPS) is 23.5. The van der Waals surface area contributed by atoms with Gasteiger partial charge in [0.15, 0.2) is 11.2 Å². The summed E-state index contributed by atoms with van der Waals surface area (Å²) in [4.78, 5) is 0. The van der Waals surface area contributed by atoms with E-state index in [9.17, 15) is 0 Å². The molecule has 2 bridgehead atoms. The molecule has 4 aromatic rings. The number of benzene rings is 4. The summed E-state index contributed by atoms with van der Waals surface area (Å²) in [5.74, 6) is 1.95. The summed E-state index contributed by atoms with van der Waals surface area (Å²) in [5, 5.41) is 0. The molecule has 0 N–H and O–H groups in total. The third kappa shape index (κ3) is 4.02. The zero-order valence-electron chi connectivity index (χ0n) is 21.2. The quantitative estimate of drug-likeness (QED) is 0.220. The molecule has 4 aromatic carbocycles. The molecule has 2 nitrogen and oxygen atoms in total. The topological polar surface area (TPSA) is 18.5 Å². The van der Waals surface area contributed by atoms with Crippen molar-refractivity contribution < 1.29 is 9.05 Å². The van der Waals surface area contributed by atoms with Crippen LogP contribution in [0.4, 0.5) is 0 Å². The molecular weight excluding hydrogens is 490 g/mol. The molecule has 4 heteroatoms. The van der Waals surface area contributed by atoms with Gasteiger partial charge in [0.05, 0.1) is 0 Å². The van der Waals surface area contributed by atoms with Crippen molar-refractivity contribution in [3.8, 4) is 0 Å². The van der Waals surface area contributed by atoms with Crippen LogP contribution in [0.15, 0.2) is 121 Å². The van der Waals surface area contributed by atoms with E-state index in [1.807, 2.05) is 0 Å². The van der Waals surface area contributed by atoms with Crippen LogP contribution in [0.1, 0.15) is 41.5 Å². The van der Waals surface area contributed by atoms with Crippen molar-refractivity contribution in [2.75, 3.05) is 0 Å². The second kappa shape index (κ2) is 10.4. The second-order valence-electron chi connectivity index (χ2n) is 10.7. The molecular formula is C33H36O2P2+2. The molecule has 0 saturated heterocycles. The van der Waals surface area contributed by atoms with Crippen molar-refractivity contribution in [1.29, 1.82) is 0 Å². The maximum atomic E-state index is 6.66. The minimum Gasteiger partial charge on any atom is -0.230 e. The van der Waals surface area contributed by atoms with E-state index in [1.54, 1.807) is 18.9 Å². The Bertz CT molecular complexity index is 1120. The molecule has 0 spiro atoms. The molecule has 2 saturated carbocycles. The Labute approximate surface area is 225 Å². The highest BCUT2D eigenvalue weighted by molar-refractivity contribution is 7.10. The first-order chi connectivity index (χ1) is 18.2. The summed E-state index contributed by atoms with van der Waals surface area (Å²) in [6.45, 7) is 0. The average molecular weight is 527 g/mol. The van der Waals surface area contributed by atoms with Gasteiger partial charge in [-0.25, -0.2) is 9.05 Å². The second-order valence-corrected chi connectivity index (χ2v) is 11.2. The van der Waals surface area contributed by atoms with Crippen LogP contribution in [0, 0.1) is 23.7 Å². The van der Waals surface area contributed by atoms with E-state index >= 15 is 0 Å². The van der Waals surface area contributed by atoms with Crippen LogP contribution < -0.4 is 0 Å². The van der Waals surface area contributed by atoms with Crippen molar-refractivity contribution in [2.45, 2.75) is 30.5 Å². The zero-order chi connectivity index (χ0) is 25.3. The van der Waals surface area contributed by atoms with E-state index in [0.29, 0.717) is 23.7 Å². The van der Waals surface area contributed by atoms with Crippen molar-refractivity contribution >= 4 is 18.9 Å². The molecule has 2 aliphatic rings. The third-order valence-electron chi connectivity index (χ3n) is 9.17. The summed E-state index contributed by atoms with van der Waals surface area (Å²) in [6.07, 6.45) is 3.48. The molecule has 0 heterocycles. The Hall–Kier alpha value is -2.34. The van der Waals surface area contributed by atoms with Gasteiger partial charge in [0.1, 0.15) is 18.9 Å². The lowest BCUT2D eigenvalue weighted by Gasteiger charge is -2.45. The van der Waals surface area contributed by atoms with Gasteiger partial charge in [-0.3, -0.25) is 0 Å². The SMILES string of the molecule is [PH3+]OC(c1ccccc1)(c1ccccc1)C1CC2CC1CC2C(O[PH3+])(c1ccccc1)c1ccccc1. The Balaban J connectivity index is 1.43. The Morgan fingerprint density at radius 3 is 0.919 bits per heavy atom. The summed E-state index contributed by atoms with van der Waals surface area (Å²) < 4.78 is 13.3. The Kier molecular flexibility index (Phi) is 7.04. The average Bonchev–Trinajstić information content (AvgIpc) is 3.59. The maximum absolute atomic E-state index is 6.66. The van der Waals surface area contributed by atoms with Gasteiger partial charge in [-0.15, -0.1) is 0 Å². The molecule has 0 aliphatic heterocycles. The first-order valence-corrected chi connectivity index (χ1v) is 14.5. The van der Waals surface area contributed by atoms with Crippen LogP contribution in [-0.2, 0) is 20.2 Å². The lowest BCUT2D eigenvalue weighted by molar-refractivity contribution is -0.0164. The van der Waals surface area contributed by atoms with Crippen LogP contribution >= 0.6 is 18.9 Å². The van der Waals surface area contributed by atoms with Crippen molar-refractivity contribution in [3.63, 3.8) is 0 Å². The number of rotatable bonds is 8. The van der Waals surface area contributed by atoms with E-state index in [4.69, 9.17) is 9.05 Å². The summed E-state index contributed by atoms with van der Waals surface area (Å²) >= 11 is 0. The van der Waals surface area contributed by atoms with E-state index < -0.39 is 11.2 Å². The van der Waals surface area contributed by atoms with Crippen molar-refractivity contribution in [1.82, 2.24) is 0 Å². The van der Waals surface area contributed by atoms with Crippen LogP contribution in [0.25, 0.3) is 0 Å². The van der Waals surface area contributed by atoms with Crippen molar-refractivity contribution in [2.24, 2.45) is 23.7 Å². The molecule has 188 valence electrons. The minimum absolute atomic E-state index is 0.416. The smallest absolute Gasteiger partial charge is 0.164 e. The highest BCUT2D eigenvalue weighted by atomic mass is 31.0. The van der Waals surface area contributed by atoms with Gasteiger partial charge in [0.25, 0.3) is 0 Å². The number of hydrogen-bond donors (Lipinski definition) is 0. The third-order valence-corrected chi connectivity index (χ3v) is 10.1. The van der Waals surface area contributed by atoms with Gasteiger partial charge in [-0.05, 0) is 53.4 Å². The van der Waals surface area contributed by atoms with Gasteiger partial charge in [-0.1, -0.05) is 121 Å². The first kappa shape index (κ1) is 25.0. The van der Waals surface area contributed by atoms with E-state index in [1.165, 1.54) is 28.7 Å². The summed E-state index contributed by atoms with van der Waals surface area (Å²) in [6, 6.07) is 43.6. The largest absolute Gasteiger partial charge is 0.230 e. The van der Waals surface area contributed by atoms with Gasteiger partial charge in [0.2, 0.25) is 0 Å². The van der Waals surface area contributed by atoms with Gasteiger partial charge >= 0.3 is 0 Å². The van der Waals surface area contributed by atoms with Crippen LogP contribution in [0.5, 0.6) is 0 Å². The summed E-state index contributed by atoms with van der Waals surface area (Å²) in [5.41, 5.74) is 4.16. The molecule has 0 radical (unpaired) electrons. The summed E-state index contributed by atoms with van der Waals surface area (Å²) in [7, 11) is 3.31. The van der Waals surface area contributed by atoms with Crippen molar-refractivity contribution in [3.05, 3.63) is 144 Å². The van der Waals surface area contributed by atoms with E-state index in [2.05, 4.69) is 121 Å². The molecule has 2 aliphatic carbocycles. The Morgan fingerprint density at radius 1 is 0.432 bits per heavy atom. The highest BCUT2D eigenvalue weighted by Gasteiger charge is 2.62. The molecule has 37 heavy (non-hydrogen) atoms.